The molecule has 0 spiro atoms. The lowest BCUT2D eigenvalue weighted by Crippen LogP contribution is -2.30. The highest BCUT2D eigenvalue weighted by molar-refractivity contribution is 5.93. The second kappa shape index (κ2) is 9.16. The van der Waals surface area contributed by atoms with Crippen LogP contribution >= 0.6 is 0 Å². The summed E-state index contributed by atoms with van der Waals surface area (Å²) in [6, 6.07) is 11.5. The van der Waals surface area contributed by atoms with Gasteiger partial charge in [-0.2, -0.15) is 0 Å². The summed E-state index contributed by atoms with van der Waals surface area (Å²) in [6.07, 6.45) is 0. The van der Waals surface area contributed by atoms with E-state index in [2.05, 4.69) is 27.1 Å². The molecule has 32 heavy (non-hydrogen) atoms. The third-order valence-electron chi connectivity index (χ3n) is 4.55. The minimum Gasteiger partial charge on any atom is -0.508 e. The van der Waals surface area contributed by atoms with Crippen LogP contribution in [0.1, 0.15) is 58.6 Å². The highest BCUT2D eigenvalue weighted by atomic mass is 19.1. The number of phenolic OH excluding ortho intramolecular Hbond substituents is 1. The van der Waals surface area contributed by atoms with Crippen molar-refractivity contribution in [1.82, 2.24) is 15.3 Å². The van der Waals surface area contributed by atoms with Gasteiger partial charge in [0.25, 0.3) is 5.91 Å². The summed E-state index contributed by atoms with van der Waals surface area (Å²) in [5.74, 6) is 4.50. The molecule has 0 aliphatic carbocycles. The van der Waals surface area contributed by atoms with Gasteiger partial charge < -0.3 is 15.5 Å². The topological polar surface area (TPSA) is 95.3 Å². The normalized spacial score (nSPS) is 11.9. The summed E-state index contributed by atoms with van der Waals surface area (Å²) in [4.78, 5) is 21.5. The van der Waals surface area contributed by atoms with Crippen LogP contribution in [0.2, 0.25) is 0 Å². The van der Waals surface area contributed by atoms with Crippen LogP contribution in [0.5, 0.6) is 5.75 Å². The Balaban J connectivity index is 2.00. The van der Waals surface area contributed by atoms with Gasteiger partial charge in [0, 0.05) is 11.6 Å². The van der Waals surface area contributed by atoms with E-state index in [1.165, 1.54) is 18.2 Å². The number of hydrogen-bond acceptors (Lipinski definition) is 5. The largest absolute Gasteiger partial charge is 0.508 e. The number of phenols is 1. The van der Waals surface area contributed by atoms with Gasteiger partial charge in [0.2, 0.25) is 0 Å². The van der Waals surface area contributed by atoms with Crippen molar-refractivity contribution < 1.29 is 19.4 Å². The Kier molecular flexibility index (Phi) is 6.56. The first-order valence-electron chi connectivity index (χ1n) is 9.99. The second-order valence-corrected chi connectivity index (χ2v) is 8.01. The lowest BCUT2D eigenvalue weighted by Gasteiger charge is -2.21. The third-order valence-corrected chi connectivity index (χ3v) is 4.55. The zero-order chi connectivity index (χ0) is 23.5. The zero-order valence-electron chi connectivity index (χ0n) is 18.3. The molecule has 0 radical (unpaired) electrons. The van der Waals surface area contributed by atoms with E-state index in [0.29, 0.717) is 11.4 Å². The van der Waals surface area contributed by atoms with Crippen molar-refractivity contribution in [2.45, 2.75) is 39.3 Å². The van der Waals surface area contributed by atoms with Gasteiger partial charge in [0.05, 0.1) is 6.04 Å². The Morgan fingerprint density at radius 2 is 1.78 bits per heavy atom. The monoisotopic (exact) mass is 433 g/mol. The molecule has 1 aromatic heterocycles. The van der Waals surface area contributed by atoms with Crippen LogP contribution in [0.4, 0.5) is 4.39 Å². The number of nitrogens with zero attached hydrogens (tertiary/aromatic N) is 2. The molecule has 1 heterocycles. The number of halogens is 1. The highest BCUT2D eigenvalue weighted by Gasteiger charge is 2.22. The van der Waals surface area contributed by atoms with E-state index in [4.69, 9.17) is 0 Å². The van der Waals surface area contributed by atoms with Gasteiger partial charge in [0.1, 0.15) is 34.4 Å². The van der Waals surface area contributed by atoms with Gasteiger partial charge in [-0.1, -0.05) is 35.7 Å². The van der Waals surface area contributed by atoms with Crippen LogP contribution in [-0.2, 0) is 0 Å². The molecule has 0 aliphatic heterocycles. The number of carbonyl (C=O) groups is 1. The molecule has 1 unspecified atom stereocenters. The van der Waals surface area contributed by atoms with Crippen LogP contribution in [-0.4, -0.2) is 31.7 Å². The number of aromatic nitrogens is 2. The number of hydrogen-bond donors (Lipinski definition) is 3. The van der Waals surface area contributed by atoms with E-state index in [9.17, 15) is 19.4 Å². The van der Waals surface area contributed by atoms with Crippen molar-refractivity contribution >= 4 is 5.91 Å². The van der Waals surface area contributed by atoms with E-state index in [0.717, 1.165) is 11.6 Å². The molecule has 3 rings (SSSR count). The number of carbonyl (C=O) groups excluding carboxylic acids is 1. The molecular formula is C25H24FN3O3. The fraction of sp³-hybridized carbons (Fsp3) is 0.240. The smallest absolute Gasteiger partial charge is 0.270 e. The van der Waals surface area contributed by atoms with Crippen molar-refractivity contribution in [2.75, 3.05) is 0 Å². The maximum absolute atomic E-state index is 14.0. The van der Waals surface area contributed by atoms with Crippen molar-refractivity contribution in [3.8, 4) is 17.6 Å². The van der Waals surface area contributed by atoms with E-state index in [-0.39, 0.29) is 22.7 Å². The maximum atomic E-state index is 14.0. The number of rotatable bonds is 4. The van der Waals surface area contributed by atoms with Crippen LogP contribution in [0.15, 0.2) is 48.5 Å². The number of amides is 1. The minimum atomic E-state index is -1.22. The summed E-state index contributed by atoms with van der Waals surface area (Å²) in [5, 5.41) is 23.0. The summed E-state index contributed by atoms with van der Waals surface area (Å²) in [5.41, 5.74) is 1.03. The van der Waals surface area contributed by atoms with Gasteiger partial charge >= 0.3 is 0 Å². The maximum Gasteiger partial charge on any atom is 0.270 e. The molecule has 0 bridgehead atoms. The zero-order valence-corrected chi connectivity index (χ0v) is 18.3. The molecule has 0 saturated carbocycles. The SMILES string of the molecule is Cc1ccc(C(NC(=O)c2cc(C#CC(C)(C)O)nc(C)n2)c2cc(F)ccc2O)cc1. The molecule has 0 saturated heterocycles. The van der Waals surface area contributed by atoms with Gasteiger partial charge in [-0.25, -0.2) is 14.4 Å². The quantitative estimate of drug-likeness (QED) is 0.547. The van der Waals surface area contributed by atoms with E-state index >= 15 is 0 Å². The Labute approximate surface area is 186 Å². The summed E-state index contributed by atoms with van der Waals surface area (Å²) in [7, 11) is 0. The lowest BCUT2D eigenvalue weighted by molar-refractivity contribution is 0.0937. The molecule has 6 nitrogen and oxygen atoms in total. The van der Waals surface area contributed by atoms with E-state index in [1.807, 2.05) is 19.1 Å². The predicted molar refractivity (Wildman–Crippen MR) is 118 cm³/mol. The predicted octanol–water partition coefficient (Wildman–Crippen LogP) is 3.58. The molecule has 1 amide bonds. The van der Waals surface area contributed by atoms with Crippen LogP contribution in [0.25, 0.3) is 0 Å². The molecule has 0 aliphatic rings. The molecule has 164 valence electrons. The standard InChI is InChI=1S/C25H24FN3O3/c1-15-5-7-17(8-6-15)23(20-13-18(26)9-10-22(20)30)29-24(31)21-14-19(27-16(2)28-21)11-12-25(3,4)32/h5-10,13-14,23,30,32H,1-4H3,(H,29,31). The van der Waals surface area contributed by atoms with Crippen molar-refractivity contribution in [3.05, 3.63) is 88.3 Å². The lowest BCUT2D eigenvalue weighted by atomic mass is 9.96. The first-order valence-corrected chi connectivity index (χ1v) is 9.99. The van der Waals surface area contributed by atoms with Crippen LogP contribution < -0.4 is 5.32 Å². The van der Waals surface area contributed by atoms with Gasteiger partial charge in [-0.15, -0.1) is 0 Å². The average Bonchev–Trinajstić information content (AvgIpc) is 2.72. The fourth-order valence-electron chi connectivity index (χ4n) is 3.03. The van der Waals surface area contributed by atoms with Gasteiger partial charge in [-0.05, 0) is 57.4 Å². The molecule has 3 aromatic rings. The van der Waals surface area contributed by atoms with Crippen molar-refractivity contribution in [3.63, 3.8) is 0 Å². The molecule has 0 fully saturated rings. The molecule has 2 aromatic carbocycles. The fourth-order valence-corrected chi connectivity index (χ4v) is 3.03. The summed E-state index contributed by atoms with van der Waals surface area (Å²) < 4.78 is 14.0. The minimum absolute atomic E-state index is 0.0607. The Morgan fingerprint density at radius 3 is 2.44 bits per heavy atom. The van der Waals surface area contributed by atoms with Crippen molar-refractivity contribution in [2.24, 2.45) is 0 Å². The number of aromatic hydroxyl groups is 1. The molecule has 3 N–H and O–H groups in total. The number of aryl methyl sites for hydroxylation is 2. The molecule has 1 atom stereocenters. The highest BCUT2D eigenvalue weighted by Crippen LogP contribution is 2.30. The first kappa shape index (κ1) is 22.9. The van der Waals surface area contributed by atoms with Gasteiger partial charge in [-0.3, -0.25) is 4.79 Å². The molecule has 7 heteroatoms. The van der Waals surface area contributed by atoms with E-state index in [1.54, 1.807) is 32.9 Å². The summed E-state index contributed by atoms with van der Waals surface area (Å²) >= 11 is 0. The third kappa shape index (κ3) is 5.90. The average molecular weight is 433 g/mol. The second-order valence-electron chi connectivity index (χ2n) is 8.01. The Morgan fingerprint density at radius 1 is 1.09 bits per heavy atom. The van der Waals surface area contributed by atoms with Gasteiger partial charge in [0.15, 0.2) is 0 Å². The number of nitrogens with one attached hydrogen (secondary N) is 1. The summed E-state index contributed by atoms with van der Waals surface area (Å²) in [6.45, 7) is 6.64. The number of aliphatic hydroxyl groups is 1. The van der Waals surface area contributed by atoms with Crippen LogP contribution in [0, 0.1) is 31.5 Å². The van der Waals surface area contributed by atoms with E-state index < -0.39 is 23.4 Å². The molecular weight excluding hydrogens is 409 g/mol. The van der Waals surface area contributed by atoms with Crippen LogP contribution in [0.3, 0.4) is 0 Å². The number of benzene rings is 2. The first-order chi connectivity index (χ1) is 15.0. The van der Waals surface area contributed by atoms with Crippen molar-refractivity contribution in [1.29, 1.82) is 0 Å². The Bertz CT molecular complexity index is 1210. The Hall–Kier alpha value is -3.76.